The van der Waals surface area contributed by atoms with Crippen LogP contribution in [0, 0.1) is 17.8 Å². The molecule has 2 N–H and O–H groups in total. The van der Waals surface area contributed by atoms with E-state index in [2.05, 4.69) is 31.1 Å². The van der Waals surface area contributed by atoms with Crippen LogP contribution >= 0.6 is 11.6 Å². The number of nitrogens with zero attached hydrogens (tertiary/aromatic N) is 1. The summed E-state index contributed by atoms with van der Waals surface area (Å²) in [7, 11) is 4.26. The van der Waals surface area contributed by atoms with E-state index in [1.807, 2.05) is 30.3 Å². The van der Waals surface area contributed by atoms with Crippen molar-refractivity contribution in [1.82, 2.24) is 4.90 Å². The third kappa shape index (κ3) is 6.68. The van der Waals surface area contributed by atoms with E-state index in [4.69, 9.17) is 11.6 Å². The molecule has 2 aliphatic carbocycles. The van der Waals surface area contributed by atoms with Crippen molar-refractivity contribution in [1.29, 1.82) is 0 Å². The van der Waals surface area contributed by atoms with Gasteiger partial charge in [-0.25, -0.2) is 0 Å². The fourth-order valence-electron chi connectivity index (χ4n) is 4.98. The maximum Gasteiger partial charge on any atom is 0.0761 e. The van der Waals surface area contributed by atoms with Crippen molar-refractivity contribution < 1.29 is 10.2 Å². The van der Waals surface area contributed by atoms with Crippen molar-refractivity contribution in [3.8, 4) is 0 Å². The molecule has 1 aromatic rings. The Labute approximate surface area is 181 Å². The Morgan fingerprint density at radius 1 is 1.24 bits per heavy atom. The number of rotatable bonds is 10. The summed E-state index contributed by atoms with van der Waals surface area (Å²) in [5.74, 6) is 1.15. The molecule has 1 saturated carbocycles. The molecule has 0 radical (unpaired) electrons. The molecule has 3 rings (SSSR count). The Hall–Kier alpha value is -1.13. The molecule has 1 fully saturated rings. The summed E-state index contributed by atoms with van der Waals surface area (Å²) in [5, 5.41) is 21.6. The number of unbranched alkanes of at least 4 members (excludes halogenated alkanes) is 2. The van der Waals surface area contributed by atoms with Gasteiger partial charge in [0.15, 0.2) is 0 Å². The Kier molecular flexibility index (Phi) is 8.37. The molecule has 0 bridgehead atoms. The molecule has 29 heavy (non-hydrogen) atoms. The van der Waals surface area contributed by atoms with E-state index in [1.54, 1.807) is 5.57 Å². The lowest BCUT2D eigenvalue weighted by molar-refractivity contribution is 0.140. The summed E-state index contributed by atoms with van der Waals surface area (Å²) in [5.41, 5.74) is 2.60. The number of aliphatic hydroxyl groups is 2. The summed E-state index contributed by atoms with van der Waals surface area (Å²) in [6.45, 7) is 1.17. The Bertz CT molecular complexity index is 715. The summed E-state index contributed by atoms with van der Waals surface area (Å²) < 4.78 is 0. The van der Waals surface area contributed by atoms with E-state index in [0.717, 1.165) is 18.4 Å². The van der Waals surface area contributed by atoms with Crippen molar-refractivity contribution in [2.24, 2.45) is 17.8 Å². The molecular formula is C25H36ClNO2. The van der Waals surface area contributed by atoms with Gasteiger partial charge in [0.25, 0.3) is 0 Å². The highest BCUT2D eigenvalue weighted by Crippen LogP contribution is 2.48. The van der Waals surface area contributed by atoms with Gasteiger partial charge in [-0.1, -0.05) is 54.0 Å². The van der Waals surface area contributed by atoms with Gasteiger partial charge in [-0.05, 0) is 82.3 Å². The van der Waals surface area contributed by atoms with Gasteiger partial charge in [0.2, 0.25) is 0 Å². The fraction of sp³-hybridized carbons (Fsp3) is 0.600. The molecular weight excluding hydrogens is 382 g/mol. The summed E-state index contributed by atoms with van der Waals surface area (Å²) >= 11 is 6.03. The lowest BCUT2D eigenvalue weighted by Crippen LogP contribution is -2.18. The van der Waals surface area contributed by atoms with Gasteiger partial charge in [-0.3, -0.25) is 0 Å². The van der Waals surface area contributed by atoms with Gasteiger partial charge in [-0.15, -0.1) is 0 Å². The molecule has 2 aliphatic rings. The molecule has 0 unspecified atom stereocenters. The van der Waals surface area contributed by atoms with Crippen molar-refractivity contribution in [3.63, 3.8) is 0 Å². The number of hydrogen-bond donors (Lipinski definition) is 2. The van der Waals surface area contributed by atoms with Gasteiger partial charge < -0.3 is 15.1 Å². The third-order valence-corrected chi connectivity index (χ3v) is 6.68. The second-order valence-electron chi connectivity index (χ2n) is 9.14. The smallest absolute Gasteiger partial charge is 0.0761 e. The summed E-state index contributed by atoms with van der Waals surface area (Å²) in [4.78, 5) is 2.25. The van der Waals surface area contributed by atoms with Crippen LogP contribution in [0.25, 0.3) is 0 Å². The topological polar surface area (TPSA) is 43.7 Å². The Morgan fingerprint density at radius 3 is 2.83 bits per heavy atom. The van der Waals surface area contributed by atoms with E-state index in [9.17, 15) is 10.2 Å². The maximum atomic E-state index is 10.5. The van der Waals surface area contributed by atoms with Crippen LogP contribution in [0.2, 0.25) is 5.02 Å². The predicted molar refractivity (Wildman–Crippen MR) is 121 cm³/mol. The molecule has 4 heteroatoms. The van der Waals surface area contributed by atoms with Crippen LogP contribution in [0.4, 0.5) is 0 Å². The molecule has 0 amide bonds. The second-order valence-corrected chi connectivity index (χ2v) is 9.57. The average Bonchev–Trinajstić information content (AvgIpc) is 3.16. The van der Waals surface area contributed by atoms with Crippen LogP contribution in [0.1, 0.15) is 44.1 Å². The van der Waals surface area contributed by atoms with E-state index >= 15 is 0 Å². The van der Waals surface area contributed by atoms with E-state index in [-0.39, 0.29) is 12.0 Å². The predicted octanol–water partition coefficient (Wildman–Crippen LogP) is 4.86. The SMILES string of the molecule is CN(C)CCCCCC1=C[C@H]2C[C@@H](O)[C@H](/C=C/[C@H](O)Cc3cccc(Cl)c3)[C@H]2C1. The molecule has 1 aromatic carbocycles. The van der Waals surface area contributed by atoms with Gasteiger partial charge in [-0.2, -0.15) is 0 Å². The molecule has 3 nitrogen and oxygen atoms in total. The van der Waals surface area contributed by atoms with Crippen molar-refractivity contribution in [2.75, 3.05) is 20.6 Å². The zero-order valence-electron chi connectivity index (χ0n) is 17.8. The minimum atomic E-state index is -0.551. The number of aliphatic hydroxyl groups excluding tert-OH is 2. The largest absolute Gasteiger partial charge is 0.392 e. The van der Waals surface area contributed by atoms with Gasteiger partial charge in [0, 0.05) is 17.4 Å². The summed E-state index contributed by atoms with van der Waals surface area (Å²) in [6.07, 6.45) is 13.1. The maximum absolute atomic E-state index is 10.5. The number of fused-ring (bicyclic) bond motifs is 1. The number of halogens is 1. The lowest BCUT2D eigenvalue weighted by Gasteiger charge is -2.19. The average molecular weight is 418 g/mol. The molecule has 0 saturated heterocycles. The van der Waals surface area contributed by atoms with Crippen molar-refractivity contribution in [2.45, 2.75) is 57.2 Å². The minimum Gasteiger partial charge on any atom is -0.392 e. The van der Waals surface area contributed by atoms with Gasteiger partial charge >= 0.3 is 0 Å². The highest BCUT2D eigenvalue weighted by atomic mass is 35.5. The Morgan fingerprint density at radius 2 is 2.07 bits per heavy atom. The van der Waals surface area contributed by atoms with Gasteiger partial charge in [0.1, 0.15) is 0 Å². The fourth-order valence-corrected chi connectivity index (χ4v) is 5.19. The van der Waals surface area contributed by atoms with Crippen molar-refractivity contribution in [3.05, 3.63) is 58.7 Å². The third-order valence-electron chi connectivity index (χ3n) is 6.44. The van der Waals surface area contributed by atoms with Crippen LogP contribution in [0.3, 0.4) is 0 Å². The minimum absolute atomic E-state index is 0.150. The molecule has 0 aliphatic heterocycles. The standard InChI is InChI=1S/C25H36ClNO2/c1-27(2)12-5-3-4-7-18-13-20-17-25(29)23(24(20)16-18)11-10-22(28)15-19-8-6-9-21(26)14-19/h6,8-11,13-14,20,22-25,28-29H,3-5,7,12,15-17H2,1-2H3/b11-10+/t20-,22-,23+,24-,25+/m0/s1. The lowest BCUT2D eigenvalue weighted by atomic mass is 9.88. The van der Waals surface area contributed by atoms with Crippen molar-refractivity contribution >= 4 is 11.6 Å². The van der Waals surface area contributed by atoms with E-state index in [0.29, 0.717) is 23.3 Å². The highest BCUT2D eigenvalue weighted by molar-refractivity contribution is 6.30. The molecule has 0 aromatic heterocycles. The zero-order valence-corrected chi connectivity index (χ0v) is 18.6. The second kappa shape index (κ2) is 10.8. The monoisotopic (exact) mass is 417 g/mol. The Balaban J connectivity index is 1.47. The highest BCUT2D eigenvalue weighted by Gasteiger charge is 2.43. The molecule has 5 atom stereocenters. The van der Waals surface area contributed by atoms with Crippen LogP contribution in [-0.2, 0) is 6.42 Å². The first kappa shape index (κ1) is 22.6. The first-order valence-electron chi connectivity index (χ1n) is 11.1. The first-order valence-corrected chi connectivity index (χ1v) is 11.4. The quantitative estimate of drug-likeness (QED) is 0.421. The van der Waals surface area contributed by atoms with Crippen LogP contribution in [-0.4, -0.2) is 48.0 Å². The number of allylic oxidation sites excluding steroid dienone is 2. The molecule has 0 spiro atoms. The number of hydrogen-bond acceptors (Lipinski definition) is 3. The van der Waals surface area contributed by atoms with E-state index < -0.39 is 6.10 Å². The van der Waals surface area contributed by atoms with Crippen LogP contribution < -0.4 is 0 Å². The van der Waals surface area contributed by atoms with Crippen LogP contribution in [0.5, 0.6) is 0 Å². The zero-order chi connectivity index (χ0) is 20.8. The van der Waals surface area contributed by atoms with E-state index in [1.165, 1.54) is 32.2 Å². The number of benzene rings is 1. The van der Waals surface area contributed by atoms with Crippen LogP contribution in [0.15, 0.2) is 48.1 Å². The first-order chi connectivity index (χ1) is 13.9. The molecule has 0 heterocycles. The normalized spacial score (nSPS) is 27.6. The van der Waals surface area contributed by atoms with Gasteiger partial charge in [0.05, 0.1) is 12.2 Å². The summed E-state index contributed by atoms with van der Waals surface area (Å²) in [6, 6.07) is 7.63. The molecule has 160 valence electrons.